The maximum Gasteiger partial charge on any atom is 0.217 e. The van der Waals surface area contributed by atoms with Crippen LogP contribution < -0.4 is 10.7 Å². The normalized spacial score (nSPS) is 13.8. The van der Waals surface area contributed by atoms with Gasteiger partial charge in [0.25, 0.3) is 0 Å². The van der Waals surface area contributed by atoms with Crippen molar-refractivity contribution in [1.82, 2.24) is 15.0 Å². The Morgan fingerprint density at radius 1 is 1.62 bits per heavy atom. The smallest absolute Gasteiger partial charge is 0.217 e. The van der Waals surface area contributed by atoms with Crippen LogP contribution in [0.4, 0.5) is 0 Å². The number of aryl methyl sites for hydroxylation is 2. The van der Waals surface area contributed by atoms with Crippen LogP contribution in [0.25, 0.3) is 0 Å². The molecule has 1 aliphatic rings. The number of nitrogens with one attached hydrogen (secondary N) is 2. The zero-order valence-electron chi connectivity index (χ0n) is 9.45. The van der Waals surface area contributed by atoms with Crippen molar-refractivity contribution in [3.05, 3.63) is 17.2 Å². The molecule has 1 aliphatic heterocycles. The van der Waals surface area contributed by atoms with Crippen LogP contribution in [-0.2, 0) is 17.8 Å². The number of aromatic nitrogens is 2. The van der Waals surface area contributed by atoms with Gasteiger partial charge in [0, 0.05) is 6.42 Å². The van der Waals surface area contributed by atoms with Crippen LogP contribution in [0, 0.1) is 6.92 Å². The first-order valence-electron chi connectivity index (χ1n) is 5.35. The topological polar surface area (TPSA) is 71.3 Å². The molecule has 0 aliphatic carbocycles. The van der Waals surface area contributed by atoms with E-state index >= 15 is 0 Å². The van der Waals surface area contributed by atoms with Crippen LogP contribution in [0.5, 0.6) is 0 Å². The number of rotatable bonds is 3. The fourth-order valence-corrected chi connectivity index (χ4v) is 1.76. The molecule has 1 aromatic rings. The SMILES string of the molecule is CCCc1nc(C)c2n1NC(NC=O)=NC2. The van der Waals surface area contributed by atoms with E-state index in [4.69, 9.17) is 0 Å². The highest BCUT2D eigenvalue weighted by Gasteiger charge is 2.18. The van der Waals surface area contributed by atoms with Gasteiger partial charge in [-0.25, -0.2) is 14.7 Å². The standard InChI is InChI=1S/C10H15N5O/c1-3-4-9-13-7(2)8-5-11-10(12-6-16)14-15(8)9/h6H,3-5H2,1-2H3,(H2,11,12,14,16). The predicted octanol–water partition coefficient (Wildman–Crippen LogP) is 0.303. The van der Waals surface area contributed by atoms with Crippen LogP contribution in [0.3, 0.4) is 0 Å². The molecular formula is C10H15N5O. The van der Waals surface area contributed by atoms with Crippen LogP contribution in [0.1, 0.15) is 30.6 Å². The van der Waals surface area contributed by atoms with Gasteiger partial charge in [-0.15, -0.1) is 0 Å². The number of nitrogens with zero attached hydrogens (tertiary/aromatic N) is 3. The summed E-state index contributed by atoms with van der Waals surface area (Å²) in [6.07, 6.45) is 2.55. The maximum absolute atomic E-state index is 10.3. The number of hydrogen-bond donors (Lipinski definition) is 2. The van der Waals surface area contributed by atoms with Crippen LogP contribution in [0.15, 0.2) is 4.99 Å². The molecule has 1 aromatic heterocycles. The number of guanidine groups is 1. The molecule has 86 valence electrons. The highest BCUT2D eigenvalue weighted by atomic mass is 16.1. The minimum Gasteiger partial charge on any atom is -0.298 e. The summed E-state index contributed by atoms with van der Waals surface area (Å²) in [4.78, 5) is 19.0. The number of aliphatic imine (C=N–C) groups is 1. The first-order chi connectivity index (χ1) is 7.76. The van der Waals surface area contributed by atoms with Crippen molar-refractivity contribution in [3.63, 3.8) is 0 Å². The Morgan fingerprint density at radius 2 is 2.44 bits per heavy atom. The summed E-state index contributed by atoms with van der Waals surface area (Å²) < 4.78 is 1.91. The third-order valence-corrected chi connectivity index (χ3v) is 2.52. The Labute approximate surface area is 93.7 Å². The van der Waals surface area contributed by atoms with E-state index < -0.39 is 0 Å². The number of imidazole rings is 1. The van der Waals surface area contributed by atoms with Crippen molar-refractivity contribution in [2.45, 2.75) is 33.2 Å². The molecule has 16 heavy (non-hydrogen) atoms. The van der Waals surface area contributed by atoms with E-state index in [2.05, 4.69) is 27.6 Å². The Kier molecular flexibility index (Phi) is 2.89. The zero-order valence-corrected chi connectivity index (χ0v) is 9.45. The number of hydrogen-bond acceptors (Lipinski definition) is 4. The minimum atomic E-state index is 0.470. The molecule has 0 bridgehead atoms. The van der Waals surface area contributed by atoms with E-state index in [9.17, 15) is 4.79 Å². The lowest BCUT2D eigenvalue weighted by Crippen LogP contribution is -2.39. The summed E-state index contributed by atoms with van der Waals surface area (Å²) in [5.41, 5.74) is 5.08. The molecule has 0 unspecified atom stereocenters. The summed E-state index contributed by atoms with van der Waals surface area (Å²) in [5, 5.41) is 2.51. The van der Waals surface area contributed by atoms with Crippen LogP contribution >= 0.6 is 0 Å². The highest BCUT2D eigenvalue weighted by molar-refractivity contribution is 5.94. The van der Waals surface area contributed by atoms with E-state index in [1.165, 1.54) is 0 Å². The van der Waals surface area contributed by atoms with Crippen molar-refractivity contribution in [1.29, 1.82) is 0 Å². The number of carbonyl (C=O) groups is 1. The maximum atomic E-state index is 10.3. The van der Waals surface area contributed by atoms with Gasteiger partial charge in [0.15, 0.2) is 0 Å². The summed E-state index contributed by atoms with van der Waals surface area (Å²) in [5.74, 6) is 1.45. The van der Waals surface area contributed by atoms with E-state index in [0.717, 1.165) is 30.1 Å². The van der Waals surface area contributed by atoms with E-state index in [0.29, 0.717) is 18.9 Å². The van der Waals surface area contributed by atoms with Gasteiger partial charge in [-0.05, 0) is 13.3 Å². The molecule has 2 heterocycles. The molecule has 2 N–H and O–H groups in total. The Bertz CT molecular complexity index is 435. The molecule has 0 aromatic carbocycles. The summed E-state index contributed by atoms with van der Waals surface area (Å²) in [6, 6.07) is 0. The monoisotopic (exact) mass is 221 g/mol. The number of amides is 1. The van der Waals surface area contributed by atoms with Gasteiger partial charge < -0.3 is 0 Å². The second kappa shape index (κ2) is 4.34. The van der Waals surface area contributed by atoms with Gasteiger partial charge in [-0.1, -0.05) is 6.92 Å². The molecule has 6 nitrogen and oxygen atoms in total. The van der Waals surface area contributed by atoms with Gasteiger partial charge >= 0.3 is 0 Å². The third kappa shape index (κ3) is 1.78. The van der Waals surface area contributed by atoms with Gasteiger partial charge in [0.1, 0.15) is 5.82 Å². The molecule has 0 saturated heterocycles. The highest BCUT2D eigenvalue weighted by Crippen LogP contribution is 2.14. The fourth-order valence-electron chi connectivity index (χ4n) is 1.76. The second-order valence-corrected chi connectivity index (χ2v) is 3.68. The van der Waals surface area contributed by atoms with Crippen molar-refractivity contribution in [3.8, 4) is 0 Å². The Hall–Kier alpha value is -1.85. The molecular weight excluding hydrogens is 206 g/mol. The molecule has 0 spiro atoms. The average Bonchev–Trinajstić information content (AvgIpc) is 2.57. The molecule has 1 amide bonds. The Morgan fingerprint density at radius 3 is 3.12 bits per heavy atom. The lowest BCUT2D eigenvalue weighted by molar-refractivity contribution is -0.108. The first kappa shape index (κ1) is 10.7. The third-order valence-electron chi connectivity index (χ3n) is 2.52. The average molecular weight is 221 g/mol. The molecule has 0 fully saturated rings. The molecule has 2 rings (SSSR count). The lowest BCUT2D eigenvalue weighted by Gasteiger charge is -2.18. The van der Waals surface area contributed by atoms with Gasteiger partial charge in [-0.2, -0.15) is 0 Å². The van der Waals surface area contributed by atoms with E-state index in [1.54, 1.807) is 0 Å². The summed E-state index contributed by atoms with van der Waals surface area (Å²) in [6.45, 7) is 4.63. The summed E-state index contributed by atoms with van der Waals surface area (Å²) in [7, 11) is 0. The van der Waals surface area contributed by atoms with Crippen LogP contribution in [-0.4, -0.2) is 22.0 Å². The molecule has 0 saturated carbocycles. The molecule has 0 radical (unpaired) electrons. The number of carbonyl (C=O) groups excluding carboxylic acids is 1. The van der Waals surface area contributed by atoms with Gasteiger partial charge in [0.05, 0.1) is 17.9 Å². The largest absolute Gasteiger partial charge is 0.298 e. The summed E-state index contributed by atoms with van der Waals surface area (Å²) >= 11 is 0. The van der Waals surface area contributed by atoms with Crippen molar-refractivity contribution >= 4 is 12.4 Å². The molecule has 0 atom stereocenters. The van der Waals surface area contributed by atoms with Gasteiger partial charge in [0.2, 0.25) is 12.4 Å². The van der Waals surface area contributed by atoms with Crippen molar-refractivity contribution < 1.29 is 4.79 Å². The van der Waals surface area contributed by atoms with E-state index in [-0.39, 0.29) is 0 Å². The zero-order chi connectivity index (χ0) is 11.5. The van der Waals surface area contributed by atoms with E-state index in [1.807, 2.05) is 11.6 Å². The minimum absolute atomic E-state index is 0.470. The quantitative estimate of drug-likeness (QED) is 0.721. The fraction of sp³-hybridized carbons (Fsp3) is 0.500. The molecule has 6 heteroatoms. The predicted molar refractivity (Wildman–Crippen MR) is 60.7 cm³/mol. The number of fused-ring (bicyclic) bond motifs is 1. The Balaban J connectivity index is 2.28. The van der Waals surface area contributed by atoms with Crippen LogP contribution in [0.2, 0.25) is 0 Å². The second-order valence-electron chi connectivity index (χ2n) is 3.68. The van der Waals surface area contributed by atoms with Crippen molar-refractivity contribution in [2.24, 2.45) is 4.99 Å². The lowest BCUT2D eigenvalue weighted by atomic mass is 10.3. The van der Waals surface area contributed by atoms with Crippen molar-refractivity contribution in [2.75, 3.05) is 5.43 Å². The first-order valence-corrected chi connectivity index (χ1v) is 5.35. The van der Waals surface area contributed by atoms with Gasteiger partial charge in [-0.3, -0.25) is 15.5 Å².